The molecule has 1 aliphatic heterocycles. The van der Waals surface area contributed by atoms with Crippen LogP contribution in [-0.2, 0) is 11.3 Å². The van der Waals surface area contributed by atoms with Gasteiger partial charge in [0.05, 0.1) is 16.3 Å². The van der Waals surface area contributed by atoms with Crippen LogP contribution in [0.25, 0.3) is 0 Å². The lowest BCUT2D eigenvalue weighted by Gasteiger charge is -2.30. The maximum absolute atomic E-state index is 12.3. The maximum atomic E-state index is 12.3. The summed E-state index contributed by atoms with van der Waals surface area (Å²) in [5.41, 5.74) is 4.71. The van der Waals surface area contributed by atoms with E-state index >= 15 is 0 Å². The lowest BCUT2D eigenvalue weighted by atomic mass is 9.96. The topological polar surface area (TPSA) is 44.7 Å². The Morgan fingerprint density at radius 2 is 1.85 bits per heavy atom. The quantitative estimate of drug-likeness (QED) is 0.489. The summed E-state index contributed by atoms with van der Waals surface area (Å²) >= 11 is 15.3. The molecule has 3 rings (SSSR count). The molecule has 0 radical (unpaired) electrons. The van der Waals surface area contributed by atoms with Crippen molar-refractivity contribution in [3.8, 4) is 0 Å². The van der Waals surface area contributed by atoms with Crippen molar-refractivity contribution in [2.45, 2.75) is 19.4 Å². The molecule has 27 heavy (non-hydrogen) atoms. The summed E-state index contributed by atoms with van der Waals surface area (Å²) in [6.45, 7) is 2.73. The molecule has 4 nitrogen and oxygen atoms in total. The van der Waals surface area contributed by atoms with E-state index in [-0.39, 0.29) is 11.8 Å². The zero-order valence-corrected chi connectivity index (χ0v) is 17.8. The predicted octanol–water partition coefficient (Wildman–Crippen LogP) is 5.12. The molecule has 2 aromatic carbocycles. The van der Waals surface area contributed by atoms with Crippen molar-refractivity contribution in [2.75, 3.05) is 13.1 Å². The Kier molecular flexibility index (Phi) is 7.30. The lowest BCUT2D eigenvalue weighted by molar-refractivity contribution is -0.126. The summed E-state index contributed by atoms with van der Waals surface area (Å²) < 4.78 is 1.09. The Morgan fingerprint density at radius 1 is 1.15 bits per heavy atom. The third kappa shape index (κ3) is 6.04. The number of hydrogen-bond donors (Lipinski definition) is 1. The van der Waals surface area contributed by atoms with Gasteiger partial charge in [-0.3, -0.25) is 9.69 Å². The lowest BCUT2D eigenvalue weighted by Crippen LogP contribution is -2.39. The van der Waals surface area contributed by atoms with Crippen molar-refractivity contribution < 1.29 is 4.79 Å². The van der Waals surface area contributed by atoms with E-state index < -0.39 is 0 Å². The summed E-state index contributed by atoms with van der Waals surface area (Å²) in [5.74, 6) is -0.0354. The minimum atomic E-state index is -0.0328. The molecule has 1 N–H and O–H groups in total. The second kappa shape index (κ2) is 9.69. The molecule has 1 heterocycles. The van der Waals surface area contributed by atoms with Gasteiger partial charge in [-0.25, -0.2) is 5.43 Å². The first kappa shape index (κ1) is 20.3. The number of carbonyl (C=O) groups is 1. The van der Waals surface area contributed by atoms with Crippen LogP contribution in [0.3, 0.4) is 0 Å². The van der Waals surface area contributed by atoms with E-state index in [9.17, 15) is 4.79 Å². The molecule has 0 spiro atoms. The fourth-order valence-electron chi connectivity index (χ4n) is 3.06. The maximum Gasteiger partial charge on any atom is 0.243 e. The van der Waals surface area contributed by atoms with Crippen LogP contribution in [0.5, 0.6) is 0 Å². The molecule has 1 saturated heterocycles. The summed E-state index contributed by atoms with van der Waals surface area (Å²) in [6, 6.07) is 13.6. The monoisotopic (exact) mass is 467 g/mol. The van der Waals surface area contributed by atoms with Crippen LogP contribution in [0, 0.1) is 5.92 Å². The number of halogens is 3. The SMILES string of the molecule is O=C(N/N=C\c1ccc(Cl)c(Cl)c1)C1CCN(Cc2ccc(Br)cc2)CC1. The fourth-order valence-corrected chi connectivity index (χ4v) is 3.63. The minimum Gasteiger partial charge on any atom is -0.299 e. The Balaban J connectivity index is 1.44. The normalized spacial score (nSPS) is 16.0. The van der Waals surface area contributed by atoms with Gasteiger partial charge < -0.3 is 0 Å². The van der Waals surface area contributed by atoms with Gasteiger partial charge in [-0.15, -0.1) is 0 Å². The van der Waals surface area contributed by atoms with Crippen molar-refractivity contribution in [2.24, 2.45) is 11.0 Å². The van der Waals surface area contributed by atoms with Gasteiger partial charge in [0, 0.05) is 16.9 Å². The highest BCUT2D eigenvalue weighted by molar-refractivity contribution is 9.10. The van der Waals surface area contributed by atoms with Crippen LogP contribution in [-0.4, -0.2) is 30.1 Å². The standard InChI is InChI=1S/C20H20BrCl2N3O/c21-17-4-1-14(2-5-17)13-26-9-7-16(8-10-26)20(27)25-24-12-15-3-6-18(22)19(23)11-15/h1-6,11-12,16H,7-10,13H2,(H,25,27)/b24-12-. The molecule has 7 heteroatoms. The molecule has 1 fully saturated rings. The fraction of sp³-hybridized carbons (Fsp3) is 0.300. The average molecular weight is 469 g/mol. The highest BCUT2D eigenvalue weighted by Gasteiger charge is 2.24. The molecular weight excluding hydrogens is 449 g/mol. The van der Waals surface area contributed by atoms with Crippen LogP contribution in [0.1, 0.15) is 24.0 Å². The molecular formula is C20H20BrCl2N3O. The first-order valence-electron chi connectivity index (χ1n) is 8.76. The molecule has 0 aromatic heterocycles. The molecule has 0 unspecified atom stereocenters. The largest absolute Gasteiger partial charge is 0.299 e. The van der Waals surface area contributed by atoms with Crippen molar-refractivity contribution in [3.05, 3.63) is 68.1 Å². The predicted molar refractivity (Wildman–Crippen MR) is 114 cm³/mol. The molecule has 2 aromatic rings. The zero-order chi connectivity index (χ0) is 19.2. The van der Waals surface area contributed by atoms with Gasteiger partial charge in [0.15, 0.2) is 0 Å². The molecule has 1 amide bonds. The Hall–Kier alpha value is -1.40. The minimum absolute atomic E-state index is 0.00266. The molecule has 0 atom stereocenters. The van der Waals surface area contributed by atoms with Gasteiger partial charge in [0.1, 0.15) is 0 Å². The number of hydrazone groups is 1. The molecule has 0 bridgehead atoms. The molecule has 0 saturated carbocycles. The second-order valence-corrected chi connectivity index (χ2v) is 8.31. The van der Waals surface area contributed by atoms with Crippen molar-refractivity contribution in [1.82, 2.24) is 10.3 Å². The first-order chi connectivity index (χ1) is 13.0. The number of nitrogens with one attached hydrogen (secondary N) is 1. The highest BCUT2D eigenvalue weighted by Crippen LogP contribution is 2.22. The Bertz CT molecular complexity index is 818. The second-order valence-electron chi connectivity index (χ2n) is 6.58. The van der Waals surface area contributed by atoms with Gasteiger partial charge in [-0.05, 0) is 61.3 Å². The van der Waals surface area contributed by atoms with Crippen molar-refractivity contribution >= 4 is 51.3 Å². The van der Waals surface area contributed by atoms with Gasteiger partial charge in [0.25, 0.3) is 0 Å². The molecule has 0 aliphatic carbocycles. The van der Waals surface area contributed by atoms with E-state index in [2.05, 4.69) is 55.6 Å². The number of nitrogens with zero attached hydrogens (tertiary/aromatic N) is 2. The number of benzene rings is 2. The number of hydrogen-bond acceptors (Lipinski definition) is 3. The summed E-state index contributed by atoms with van der Waals surface area (Å²) in [5, 5.41) is 4.99. The van der Waals surface area contributed by atoms with Crippen LogP contribution in [0.4, 0.5) is 0 Å². The number of rotatable bonds is 5. The van der Waals surface area contributed by atoms with E-state index in [1.54, 1.807) is 24.4 Å². The summed E-state index contributed by atoms with van der Waals surface area (Å²) in [6.07, 6.45) is 3.25. The van der Waals surface area contributed by atoms with E-state index in [0.29, 0.717) is 10.0 Å². The van der Waals surface area contributed by atoms with Crippen LogP contribution >= 0.6 is 39.1 Å². The number of likely N-dealkylation sites (tertiary alicyclic amines) is 1. The third-order valence-electron chi connectivity index (χ3n) is 4.61. The molecule has 142 valence electrons. The number of amides is 1. The van der Waals surface area contributed by atoms with Gasteiger partial charge in [-0.1, -0.05) is 57.3 Å². The van der Waals surface area contributed by atoms with Crippen molar-refractivity contribution in [1.29, 1.82) is 0 Å². The molecule has 1 aliphatic rings. The number of carbonyl (C=O) groups excluding carboxylic acids is 1. The Labute approximate surface area is 177 Å². The van der Waals surface area contributed by atoms with Gasteiger partial charge >= 0.3 is 0 Å². The van der Waals surface area contributed by atoms with E-state index in [4.69, 9.17) is 23.2 Å². The van der Waals surface area contributed by atoms with E-state index in [1.165, 1.54) is 5.56 Å². The van der Waals surface area contributed by atoms with Crippen LogP contribution < -0.4 is 5.43 Å². The highest BCUT2D eigenvalue weighted by atomic mass is 79.9. The summed E-state index contributed by atoms with van der Waals surface area (Å²) in [7, 11) is 0. The first-order valence-corrected chi connectivity index (χ1v) is 10.3. The summed E-state index contributed by atoms with van der Waals surface area (Å²) in [4.78, 5) is 14.7. The smallest absolute Gasteiger partial charge is 0.243 e. The zero-order valence-electron chi connectivity index (χ0n) is 14.7. The average Bonchev–Trinajstić information content (AvgIpc) is 2.67. The number of piperidine rings is 1. The van der Waals surface area contributed by atoms with E-state index in [1.807, 2.05) is 0 Å². The van der Waals surface area contributed by atoms with Gasteiger partial charge in [-0.2, -0.15) is 5.10 Å². The van der Waals surface area contributed by atoms with E-state index in [0.717, 1.165) is 42.5 Å². The van der Waals surface area contributed by atoms with Crippen LogP contribution in [0.2, 0.25) is 10.0 Å². The Morgan fingerprint density at radius 3 is 2.52 bits per heavy atom. The van der Waals surface area contributed by atoms with Crippen molar-refractivity contribution in [3.63, 3.8) is 0 Å². The third-order valence-corrected chi connectivity index (χ3v) is 5.88. The van der Waals surface area contributed by atoms with Crippen LogP contribution in [0.15, 0.2) is 52.0 Å². The van der Waals surface area contributed by atoms with Gasteiger partial charge in [0.2, 0.25) is 5.91 Å².